The lowest BCUT2D eigenvalue weighted by molar-refractivity contribution is -0.151. The van der Waals surface area contributed by atoms with Crippen molar-refractivity contribution >= 4 is 12.1 Å². The van der Waals surface area contributed by atoms with Gasteiger partial charge in [0.1, 0.15) is 11.6 Å². The Balaban J connectivity index is 2.08. The van der Waals surface area contributed by atoms with Crippen LogP contribution in [-0.2, 0) is 20.8 Å². The molecule has 27 heavy (non-hydrogen) atoms. The predicted molar refractivity (Wildman–Crippen MR) is 104 cm³/mol. The molecule has 6 heteroatoms. The first-order chi connectivity index (χ1) is 12.7. The zero-order valence-corrected chi connectivity index (χ0v) is 17.1. The Morgan fingerprint density at radius 3 is 2.48 bits per heavy atom. The molecule has 1 fully saturated rings. The van der Waals surface area contributed by atoms with Gasteiger partial charge in [0, 0.05) is 19.1 Å². The minimum Gasteiger partial charge on any atom is -0.464 e. The van der Waals surface area contributed by atoms with E-state index in [1.54, 1.807) is 6.92 Å². The van der Waals surface area contributed by atoms with Crippen LogP contribution in [0, 0.1) is 0 Å². The highest BCUT2D eigenvalue weighted by molar-refractivity contribution is 5.82. The van der Waals surface area contributed by atoms with Gasteiger partial charge in [0.15, 0.2) is 0 Å². The highest BCUT2D eigenvalue weighted by atomic mass is 16.6. The number of amides is 1. The number of hydrogen-bond acceptors (Lipinski definition) is 5. The van der Waals surface area contributed by atoms with E-state index >= 15 is 0 Å². The highest BCUT2D eigenvalue weighted by Crippen LogP contribution is 2.25. The first-order valence-electron chi connectivity index (χ1n) is 9.61. The largest absolute Gasteiger partial charge is 0.464 e. The van der Waals surface area contributed by atoms with Crippen LogP contribution in [0.2, 0.25) is 0 Å². The normalized spacial score (nSPS) is 20.4. The Morgan fingerprint density at radius 1 is 1.22 bits per heavy atom. The molecule has 0 N–H and O–H groups in total. The average molecular weight is 376 g/mol. The van der Waals surface area contributed by atoms with Gasteiger partial charge in [0.2, 0.25) is 0 Å². The van der Waals surface area contributed by atoms with Gasteiger partial charge in [-0.05, 0) is 53.1 Å². The van der Waals surface area contributed by atoms with Crippen LogP contribution in [0.25, 0.3) is 0 Å². The fourth-order valence-corrected chi connectivity index (χ4v) is 3.35. The third-order valence-corrected chi connectivity index (χ3v) is 4.66. The monoisotopic (exact) mass is 376 g/mol. The summed E-state index contributed by atoms with van der Waals surface area (Å²) in [5, 5.41) is 0. The smallest absolute Gasteiger partial charge is 0.411 e. The number of esters is 1. The molecule has 1 saturated heterocycles. The molecular formula is C21H32N2O4. The number of ether oxygens (including phenoxy) is 2. The van der Waals surface area contributed by atoms with Gasteiger partial charge in [-0.15, -0.1) is 0 Å². The second-order valence-electron chi connectivity index (χ2n) is 8.02. The third kappa shape index (κ3) is 6.24. The maximum atomic E-state index is 12.6. The third-order valence-electron chi connectivity index (χ3n) is 4.66. The van der Waals surface area contributed by atoms with E-state index in [1.807, 2.05) is 39.0 Å². The maximum absolute atomic E-state index is 12.6. The molecule has 1 aromatic rings. The van der Waals surface area contributed by atoms with Crippen molar-refractivity contribution in [1.29, 1.82) is 0 Å². The van der Waals surface area contributed by atoms with Gasteiger partial charge in [-0.2, -0.15) is 0 Å². The van der Waals surface area contributed by atoms with Crippen LogP contribution in [0.5, 0.6) is 0 Å². The van der Waals surface area contributed by atoms with Crippen molar-refractivity contribution in [3.63, 3.8) is 0 Å². The van der Waals surface area contributed by atoms with Crippen LogP contribution in [0.15, 0.2) is 30.3 Å². The van der Waals surface area contributed by atoms with Crippen molar-refractivity contribution in [3.8, 4) is 0 Å². The Kier molecular flexibility index (Phi) is 7.25. The molecule has 0 spiro atoms. The molecule has 0 radical (unpaired) electrons. The molecule has 1 aliphatic rings. The molecule has 2 atom stereocenters. The molecule has 150 valence electrons. The predicted octanol–water partition coefficient (Wildman–Crippen LogP) is 3.45. The van der Waals surface area contributed by atoms with E-state index in [0.29, 0.717) is 19.6 Å². The molecule has 1 heterocycles. The number of carbonyl (C=O) groups excluding carboxylic acids is 2. The van der Waals surface area contributed by atoms with Crippen LogP contribution in [0.1, 0.15) is 46.1 Å². The van der Waals surface area contributed by atoms with Crippen LogP contribution in [0.4, 0.5) is 4.79 Å². The van der Waals surface area contributed by atoms with Gasteiger partial charge in [-0.1, -0.05) is 30.3 Å². The second kappa shape index (κ2) is 9.22. The minimum absolute atomic E-state index is 0.193. The first-order valence-corrected chi connectivity index (χ1v) is 9.61. The zero-order valence-electron chi connectivity index (χ0n) is 17.1. The molecule has 0 aliphatic carbocycles. The van der Waals surface area contributed by atoms with Gasteiger partial charge in [-0.3, -0.25) is 9.80 Å². The number of nitrogens with zero attached hydrogens (tertiary/aromatic N) is 2. The quantitative estimate of drug-likeness (QED) is 0.737. The molecule has 6 nitrogen and oxygen atoms in total. The Morgan fingerprint density at radius 2 is 1.89 bits per heavy atom. The van der Waals surface area contributed by atoms with Crippen molar-refractivity contribution in [2.75, 3.05) is 20.2 Å². The molecule has 2 unspecified atom stereocenters. The van der Waals surface area contributed by atoms with Crippen LogP contribution in [0.3, 0.4) is 0 Å². The summed E-state index contributed by atoms with van der Waals surface area (Å²) in [6.07, 6.45) is 0.879. The Hall–Kier alpha value is -2.08. The van der Waals surface area contributed by atoms with Crippen molar-refractivity contribution < 1.29 is 19.1 Å². The summed E-state index contributed by atoms with van der Waals surface area (Å²) >= 11 is 0. The van der Waals surface area contributed by atoms with Gasteiger partial charge in [-0.25, -0.2) is 9.59 Å². The van der Waals surface area contributed by atoms with E-state index < -0.39 is 17.7 Å². The lowest BCUT2D eigenvalue weighted by Crippen LogP contribution is -2.55. The first kappa shape index (κ1) is 21.2. The molecular weight excluding hydrogens is 344 g/mol. The van der Waals surface area contributed by atoms with Crippen molar-refractivity contribution in [2.45, 2.75) is 64.8 Å². The number of hydrogen-bond donors (Lipinski definition) is 0. The summed E-state index contributed by atoms with van der Waals surface area (Å²) in [5.41, 5.74) is 0.624. The number of likely N-dealkylation sites (tertiary alicyclic amines) is 1. The second-order valence-corrected chi connectivity index (χ2v) is 8.02. The van der Waals surface area contributed by atoms with E-state index in [0.717, 1.165) is 13.0 Å². The van der Waals surface area contributed by atoms with E-state index in [1.165, 1.54) is 10.5 Å². The van der Waals surface area contributed by atoms with Crippen molar-refractivity contribution in [2.24, 2.45) is 0 Å². The zero-order chi connectivity index (χ0) is 20.0. The summed E-state index contributed by atoms with van der Waals surface area (Å²) < 4.78 is 10.7. The topological polar surface area (TPSA) is 59.1 Å². The van der Waals surface area contributed by atoms with E-state index in [2.05, 4.69) is 24.1 Å². The van der Waals surface area contributed by atoms with Gasteiger partial charge >= 0.3 is 12.1 Å². The van der Waals surface area contributed by atoms with Gasteiger partial charge in [0.25, 0.3) is 0 Å². The van der Waals surface area contributed by atoms with Crippen molar-refractivity contribution in [1.82, 2.24) is 9.80 Å². The molecule has 0 bridgehead atoms. The number of benzene rings is 1. The Labute approximate surface area is 162 Å². The number of piperidine rings is 1. The lowest BCUT2D eigenvalue weighted by Gasteiger charge is -2.41. The van der Waals surface area contributed by atoms with Crippen LogP contribution in [-0.4, -0.2) is 59.7 Å². The molecule has 1 aromatic carbocycles. The van der Waals surface area contributed by atoms with E-state index in [-0.39, 0.29) is 12.0 Å². The Bertz CT molecular complexity index is 627. The van der Waals surface area contributed by atoms with Crippen LogP contribution < -0.4 is 0 Å². The lowest BCUT2D eigenvalue weighted by atomic mass is 9.96. The standard InChI is InChI=1S/C21H32N2O4/c1-6-26-19(24)18-14-17(22(5)15-16-10-8-7-9-11-16)12-13-23(18)20(25)27-21(2,3)4/h7-11,17-18H,6,12-15H2,1-5H3. The summed E-state index contributed by atoms with van der Waals surface area (Å²) in [4.78, 5) is 28.9. The minimum atomic E-state index is -0.614. The van der Waals surface area contributed by atoms with Gasteiger partial charge < -0.3 is 9.47 Å². The summed E-state index contributed by atoms with van der Waals surface area (Å²) in [5.74, 6) is -0.360. The fraction of sp³-hybridized carbons (Fsp3) is 0.619. The SMILES string of the molecule is CCOC(=O)C1CC(N(C)Cc2ccccc2)CCN1C(=O)OC(C)(C)C. The summed E-state index contributed by atoms with van der Waals surface area (Å²) in [6.45, 7) is 8.81. The summed E-state index contributed by atoms with van der Waals surface area (Å²) in [6, 6.07) is 9.81. The number of rotatable bonds is 5. The molecule has 2 rings (SSSR count). The van der Waals surface area contributed by atoms with E-state index in [4.69, 9.17) is 9.47 Å². The maximum Gasteiger partial charge on any atom is 0.411 e. The van der Waals surface area contributed by atoms with Crippen LogP contribution >= 0.6 is 0 Å². The average Bonchev–Trinajstić information content (AvgIpc) is 2.60. The fourth-order valence-electron chi connectivity index (χ4n) is 3.35. The molecule has 0 saturated carbocycles. The van der Waals surface area contributed by atoms with E-state index in [9.17, 15) is 9.59 Å². The number of carbonyl (C=O) groups is 2. The molecule has 1 aliphatic heterocycles. The molecule has 0 aromatic heterocycles. The van der Waals surface area contributed by atoms with Gasteiger partial charge in [0.05, 0.1) is 6.61 Å². The highest BCUT2D eigenvalue weighted by Gasteiger charge is 2.40. The van der Waals surface area contributed by atoms with Crippen molar-refractivity contribution in [3.05, 3.63) is 35.9 Å². The molecule has 1 amide bonds. The summed E-state index contributed by atoms with van der Waals surface area (Å²) in [7, 11) is 2.06.